The summed E-state index contributed by atoms with van der Waals surface area (Å²) in [7, 11) is 0. The Morgan fingerprint density at radius 1 is 1.12 bits per heavy atom. The van der Waals surface area contributed by atoms with Gasteiger partial charge in [0.1, 0.15) is 16.2 Å². The molecule has 0 spiro atoms. The number of hydrogen-bond donors (Lipinski definition) is 0. The van der Waals surface area contributed by atoms with E-state index in [1.165, 1.54) is 70.3 Å². The molecule has 3 aromatic heterocycles. The fourth-order valence-corrected chi connectivity index (χ4v) is 5.97. The maximum atomic E-state index is 5.02. The zero-order chi connectivity index (χ0) is 16.5. The Morgan fingerprint density at radius 2 is 1.96 bits per heavy atom. The van der Waals surface area contributed by atoms with Gasteiger partial charge in [-0.1, -0.05) is 20.3 Å². The number of aryl methyl sites for hydroxylation is 2. The summed E-state index contributed by atoms with van der Waals surface area (Å²) in [6, 6.07) is 0. The first-order valence-electron chi connectivity index (χ1n) is 9.04. The number of nitrogens with zero attached hydrogens (tertiary/aromatic N) is 3. The van der Waals surface area contributed by atoms with Gasteiger partial charge in [0.15, 0.2) is 0 Å². The van der Waals surface area contributed by atoms with Crippen molar-refractivity contribution in [3.05, 3.63) is 23.1 Å². The molecule has 3 nitrogen and oxygen atoms in total. The molecule has 0 N–H and O–H groups in total. The first kappa shape index (κ1) is 16.3. The number of hydrogen-bond acceptors (Lipinski definition) is 5. The van der Waals surface area contributed by atoms with Crippen molar-refractivity contribution in [2.24, 2.45) is 0 Å². The first-order chi connectivity index (χ1) is 11.8. The predicted octanol–water partition coefficient (Wildman–Crippen LogP) is 5.57. The maximum absolute atomic E-state index is 5.02. The molecule has 0 atom stereocenters. The fraction of sp³-hybridized carbons (Fsp3) is 0.526. The number of pyridine rings is 1. The minimum Gasteiger partial charge on any atom is -0.242 e. The summed E-state index contributed by atoms with van der Waals surface area (Å²) >= 11 is 3.66. The zero-order valence-corrected chi connectivity index (χ0v) is 16.0. The van der Waals surface area contributed by atoms with Crippen molar-refractivity contribution in [3.63, 3.8) is 0 Å². The zero-order valence-electron chi connectivity index (χ0n) is 14.4. The summed E-state index contributed by atoms with van der Waals surface area (Å²) in [5, 5.41) is 2.46. The van der Waals surface area contributed by atoms with Crippen molar-refractivity contribution < 1.29 is 0 Å². The molecule has 1 aliphatic carbocycles. The van der Waals surface area contributed by atoms with E-state index in [-0.39, 0.29) is 0 Å². The molecule has 0 amide bonds. The van der Waals surface area contributed by atoms with Crippen LogP contribution in [0.1, 0.15) is 56.4 Å². The Labute approximate surface area is 151 Å². The van der Waals surface area contributed by atoms with E-state index in [9.17, 15) is 0 Å². The third kappa shape index (κ3) is 2.72. The lowest BCUT2D eigenvalue weighted by molar-refractivity contribution is 0.679. The largest absolute Gasteiger partial charge is 0.242 e. The average molecular weight is 358 g/mol. The van der Waals surface area contributed by atoms with E-state index in [0.29, 0.717) is 0 Å². The number of aromatic nitrogens is 3. The summed E-state index contributed by atoms with van der Waals surface area (Å²) < 4.78 is 1.24. The van der Waals surface area contributed by atoms with E-state index < -0.39 is 0 Å². The number of fused-ring (bicyclic) bond motifs is 5. The summed E-state index contributed by atoms with van der Waals surface area (Å²) in [6.45, 7) is 4.46. The highest BCUT2D eigenvalue weighted by Crippen LogP contribution is 2.41. The van der Waals surface area contributed by atoms with Gasteiger partial charge in [-0.15, -0.1) is 23.1 Å². The van der Waals surface area contributed by atoms with Gasteiger partial charge in [-0.25, -0.2) is 15.0 Å². The molecule has 24 heavy (non-hydrogen) atoms. The lowest BCUT2D eigenvalue weighted by Gasteiger charge is -2.19. The van der Waals surface area contributed by atoms with E-state index in [0.717, 1.165) is 22.7 Å². The Kier molecular flexibility index (Phi) is 4.72. The van der Waals surface area contributed by atoms with Gasteiger partial charge in [0.2, 0.25) is 0 Å². The predicted molar refractivity (Wildman–Crippen MR) is 104 cm³/mol. The van der Waals surface area contributed by atoms with Crippen molar-refractivity contribution in [2.45, 2.75) is 63.8 Å². The van der Waals surface area contributed by atoms with Crippen LogP contribution < -0.4 is 0 Å². The Morgan fingerprint density at radius 3 is 2.75 bits per heavy atom. The van der Waals surface area contributed by atoms with Gasteiger partial charge in [-0.2, -0.15) is 0 Å². The molecule has 0 aromatic carbocycles. The Bertz CT molecular complexity index is 885. The summed E-state index contributed by atoms with van der Waals surface area (Å²) in [5.41, 5.74) is 5.47. The highest BCUT2D eigenvalue weighted by atomic mass is 32.2. The van der Waals surface area contributed by atoms with Crippen molar-refractivity contribution in [3.8, 4) is 0 Å². The Hall–Kier alpha value is -1.20. The van der Waals surface area contributed by atoms with Gasteiger partial charge < -0.3 is 0 Å². The van der Waals surface area contributed by atoms with Gasteiger partial charge in [0.05, 0.1) is 10.2 Å². The summed E-state index contributed by atoms with van der Waals surface area (Å²) in [4.78, 5) is 15.4. The third-order valence-corrected chi connectivity index (χ3v) is 7.13. The molecule has 3 heterocycles. The molecule has 0 aliphatic heterocycles. The minimum atomic E-state index is 1.02. The molecular weight excluding hydrogens is 334 g/mol. The van der Waals surface area contributed by atoms with E-state index in [1.54, 1.807) is 17.7 Å². The van der Waals surface area contributed by atoms with E-state index in [2.05, 4.69) is 23.8 Å². The highest BCUT2D eigenvalue weighted by Gasteiger charge is 2.22. The van der Waals surface area contributed by atoms with Gasteiger partial charge in [0, 0.05) is 11.1 Å². The number of thiophene rings is 1. The van der Waals surface area contributed by atoms with Crippen LogP contribution >= 0.6 is 23.1 Å². The van der Waals surface area contributed by atoms with Crippen LogP contribution in [0.2, 0.25) is 0 Å². The van der Waals surface area contributed by atoms with Crippen molar-refractivity contribution in [1.29, 1.82) is 0 Å². The molecule has 126 valence electrons. The molecule has 0 bridgehead atoms. The molecule has 4 rings (SSSR count). The number of rotatable bonds is 5. The standard InChI is InChI=1S/C19H23N3S2/c1-3-5-10-23-19-17-16(20-11-21-19)15-13-9-7-6-8-12(13)14(4-2)22-18(15)24-17/h11H,3-10H2,1-2H3. The average Bonchev–Trinajstić information content (AvgIpc) is 3.00. The highest BCUT2D eigenvalue weighted by molar-refractivity contribution is 7.99. The maximum Gasteiger partial charge on any atom is 0.126 e. The molecule has 0 saturated heterocycles. The van der Waals surface area contributed by atoms with Crippen LogP contribution in [0.25, 0.3) is 20.4 Å². The second-order valence-electron chi connectivity index (χ2n) is 6.42. The lowest BCUT2D eigenvalue weighted by atomic mass is 9.88. The smallest absolute Gasteiger partial charge is 0.126 e. The van der Waals surface area contributed by atoms with E-state index in [1.807, 2.05) is 11.8 Å². The second kappa shape index (κ2) is 6.96. The Balaban J connectivity index is 1.93. The molecule has 3 aromatic rings. The van der Waals surface area contributed by atoms with E-state index >= 15 is 0 Å². The van der Waals surface area contributed by atoms with Gasteiger partial charge in [-0.05, 0) is 55.4 Å². The lowest BCUT2D eigenvalue weighted by Crippen LogP contribution is -2.08. The SMILES string of the molecule is CCCCSc1ncnc2c1sc1nc(CC)c3c(c12)CCCC3. The fourth-order valence-electron chi connectivity index (χ4n) is 3.63. The molecule has 1 aliphatic rings. The quantitative estimate of drug-likeness (QED) is 0.340. The number of thioether (sulfide) groups is 1. The summed E-state index contributed by atoms with van der Waals surface area (Å²) in [6.07, 6.45) is 10.2. The molecular formula is C19H23N3S2. The van der Waals surface area contributed by atoms with Gasteiger partial charge in [-0.3, -0.25) is 0 Å². The van der Waals surface area contributed by atoms with Crippen molar-refractivity contribution in [2.75, 3.05) is 5.75 Å². The van der Waals surface area contributed by atoms with Crippen LogP contribution in [0.15, 0.2) is 11.4 Å². The van der Waals surface area contributed by atoms with Crippen molar-refractivity contribution >= 4 is 43.5 Å². The molecule has 0 saturated carbocycles. The van der Waals surface area contributed by atoms with Crippen LogP contribution in [-0.4, -0.2) is 20.7 Å². The van der Waals surface area contributed by atoms with Crippen molar-refractivity contribution in [1.82, 2.24) is 15.0 Å². The van der Waals surface area contributed by atoms with Crippen LogP contribution in [0.5, 0.6) is 0 Å². The van der Waals surface area contributed by atoms with Crippen LogP contribution in [0.3, 0.4) is 0 Å². The molecule has 0 unspecified atom stereocenters. The topological polar surface area (TPSA) is 38.7 Å². The van der Waals surface area contributed by atoms with Crippen LogP contribution in [0.4, 0.5) is 0 Å². The minimum absolute atomic E-state index is 1.02. The third-order valence-electron chi connectivity index (χ3n) is 4.85. The monoisotopic (exact) mass is 357 g/mol. The molecule has 0 radical (unpaired) electrons. The molecule has 0 fully saturated rings. The van der Waals surface area contributed by atoms with E-state index in [4.69, 9.17) is 4.98 Å². The van der Waals surface area contributed by atoms with Gasteiger partial charge in [0.25, 0.3) is 0 Å². The number of unbranched alkanes of at least 4 members (excludes halogenated alkanes) is 1. The second-order valence-corrected chi connectivity index (χ2v) is 8.50. The molecule has 5 heteroatoms. The van der Waals surface area contributed by atoms with Gasteiger partial charge >= 0.3 is 0 Å². The van der Waals surface area contributed by atoms with Crippen LogP contribution in [0, 0.1) is 0 Å². The normalized spacial score (nSPS) is 14.4. The summed E-state index contributed by atoms with van der Waals surface area (Å²) in [5.74, 6) is 1.13. The first-order valence-corrected chi connectivity index (χ1v) is 10.8. The van der Waals surface area contributed by atoms with Crippen LogP contribution in [-0.2, 0) is 19.3 Å².